The van der Waals surface area contributed by atoms with Crippen LogP contribution >= 0.6 is 0 Å². The van der Waals surface area contributed by atoms with Gasteiger partial charge in [-0.05, 0) is 77.0 Å². The van der Waals surface area contributed by atoms with Crippen molar-refractivity contribution >= 4 is 11.9 Å². The molecule has 0 bridgehead atoms. The molecule has 0 rings (SSSR count). The smallest absolute Gasteiger partial charge is 0.305 e. The van der Waals surface area contributed by atoms with Gasteiger partial charge in [-0.25, -0.2) is 0 Å². The van der Waals surface area contributed by atoms with Crippen LogP contribution < -0.4 is 5.32 Å². The summed E-state index contributed by atoms with van der Waals surface area (Å²) in [5, 5.41) is 23.2. The van der Waals surface area contributed by atoms with Crippen molar-refractivity contribution in [2.24, 2.45) is 0 Å². The molecule has 0 spiro atoms. The Morgan fingerprint density at radius 2 is 0.714 bits per heavy atom. The second-order valence-electron chi connectivity index (χ2n) is 21.0. The van der Waals surface area contributed by atoms with E-state index in [0.29, 0.717) is 19.4 Å². The summed E-state index contributed by atoms with van der Waals surface area (Å²) >= 11 is 0. The van der Waals surface area contributed by atoms with Gasteiger partial charge >= 0.3 is 5.97 Å². The Labute approximate surface area is 436 Å². The minimum atomic E-state index is -0.849. The van der Waals surface area contributed by atoms with E-state index in [9.17, 15) is 19.8 Å². The van der Waals surface area contributed by atoms with Gasteiger partial charge in [0.2, 0.25) is 5.91 Å². The minimum Gasteiger partial charge on any atom is -0.465 e. The minimum absolute atomic E-state index is 0.0440. The Morgan fingerprint density at radius 3 is 1.10 bits per heavy atom. The van der Waals surface area contributed by atoms with Gasteiger partial charge in [-0.3, -0.25) is 9.59 Å². The van der Waals surface area contributed by atoms with E-state index in [-0.39, 0.29) is 18.5 Å². The van der Waals surface area contributed by atoms with E-state index in [4.69, 9.17) is 4.74 Å². The Hall–Kier alpha value is -2.18. The molecule has 1 amide bonds. The van der Waals surface area contributed by atoms with E-state index in [1.54, 1.807) is 6.08 Å². The molecular weight excluding hydrogens is 863 g/mol. The van der Waals surface area contributed by atoms with Gasteiger partial charge in [-0.1, -0.05) is 281 Å². The van der Waals surface area contributed by atoms with E-state index in [0.717, 1.165) is 51.4 Å². The van der Waals surface area contributed by atoms with E-state index >= 15 is 0 Å². The van der Waals surface area contributed by atoms with Gasteiger partial charge in [-0.2, -0.15) is 0 Å². The number of ether oxygens (including phenoxy) is 1. The average Bonchev–Trinajstić information content (AvgIpc) is 3.36. The Balaban J connectivity index is 3.49. The monoisotopic (exact) mass is 982 g/mol. The fourth-order valence-electron chi connectivity index (χ4n) is 9.35. The lowest BCUT2D eigenvalue weighted by atomic mass is 10.0. The van der Waals surface area contributed by atoms with Crippen molar-refractivity contribution in [3.05, 3.63) is 48.6 Å². The van der Waals surface area contributed by atoms with Gasteiger partial charge in [0.1, 0.15) is 0 Å². The molecule has 0 aromatic heterocycles. The lowest BCUT2D eigenvalue weighted by Gasteiger charge is -2.20. The van der Waals surface area contributed by atoms with Crippen LogP contribution in [0.3, 0.4) is 0 Å². The zero-order valence-corrected chi connectivity index (χ0v) is 46.7. The fourth-order valence-corrected chi connectivity index (χ4v) is 9.35. The molecule has 0 aromatic carbocycles. The van der Waals surface area contributed by atoms with Crippen LogP contribution in [0, 0.1) is 0 Å². The molecule has 0 heterocycles. The molecule has 0 aliphatic rings. The summed E-state index contributed by atoms with van der Waals surface area (Å²) in [5.41, 5.74) is 0. The number of hydrogen-bond acceptors (Lipinski definition) is 5. The molecule has 0 aliphatic carbocycles. The van der Waals surface area contributed by atoms with Crippen LogP contribution in [-0.2, 0) is 14.3 Å². The Morgan fingerprint density at radius 1 is 0.400 bits per heavy atom. The molecule has 0 saturated carbocycles. The second-order valence-corrected chi connectivity index (χ2v) is 21.0. The van der Waals surface area contributed by atoms with Crippen LogP contribution in [0.4, 0.5) is 0 Å². The molecular formula is C64H119NO5. The van der Waals surface area contributed by atoms with Crippen molar-refractivity contribution in [2.45, 2.75) is 334 Å². The van der Waals surface area contributed by atoms with Crippen molar-refractivity contribution in [1.29, 1.82) is 0 Å². The van der Waals surface area contributed by atoms with Gasteiger partial charge in [0.25, 0.3) is 0 Å². The highest BCUT2D eigenvalue weighted by Gasteiger charge is 2.18. The lowest BCUT2D eigenvalue weighted by molar-refractivity contribution is -0.143. The van der Waals surface area contributed by atoms with Crippen molar-refractivity contribution in [3.63, 3.8) is 0 Å². The zero-order valence-electron chi connectivity index (χ0n) is 46.7. The van der Waals surface area contributed by atoms with E-state index in [2.05, 4.69) is 55.6 Å². The van der Waals surface area contributed by atoms with Crippen LogP contribution in [0.25, 0.3) is 0 Å². The maximum Gasteiger partial charge on any atom is 0.305 e. The number of unbranched alkanes of at least 4 members (excludes halogenated alkanes) is 40. The number of carbonyl (C=O) groups excluding carboxylic acids is 2. The second kappa shape index (κ2) is 59.4. The number of nitrogens with one attached hydrogen (secondary N) is 1. The third kappa shape index (κ3) is 55.1. The van der Waals surface area contributed by atoms with Gasteiger partial charge in [0.15, 0.2) is 0 Å². The van der Waals surface area contributed by atoms with Gasteiger partial charge < -0.3 is 20.3 Å². The molecule has 2 unspecified atom stereocenters. The number of carbonyl (C=O) groups is 2. The summed E-state index contributed by atoms with van der Waals surface area (Å²) in [5.74, 6) is -0.116. The van der Waals surface area contributed by atoms with Crippen molar-refractivity contribution in [3.8, 4) is 0 Å². The third-order valence-corrected chi connectivity index (χ3v) is 14.1. The highest BCUT2D eigenvalue weighted by Crippen LogP contribution is 2.17. The molecule has 6 nitrogen and oxygen atoms in total. The summed E-state index contributed by atoms with van der Waals surface area (Å²) in [4.78, 5) is 24.5. The number of aliphatic hydroxyl groups is 2. The first-order valence-electron chi connectivity index (χ1n) is 30.9. The third-order valence-electron chi connectivity index (χ3n) is 14.1. The Bertz CT molecular complexity index is 1180. The SMILES string of the molecule is CCCCCCCC/C=C\CCCCCCCC(=O)OCC/C=C\C/C=C\CCCCCCCCCCCCCCCCC(=O)NC(CO)C(O)/C=C/CCCCCCCCCCCCCCCCC. The highest BCUT2D eigenvalue weighted by molar-refractivity contribution is 5.76. The predicted molar refractivity (Wildman–Crippen MR) is 306 cm³/mol. The summed E-state index contributed by atoms with van der Waals surface area (Å²) in [6.45, 7) is 4.80. The number of esters is 1. The maximum absolute atomic E-state index is 12.5. The molecule has 3 N–H and O–H groups in total. The Kier molecular flexibility index (Phi) is 57.5. The van der Waals surface area contributed by atoms with Crippen molar-refractivity contribution < 1.29 is 24.5 Å². The normalized spacial score (nSPS) is 12.9. The molecule has 6 heteroatoms. The van der Waals surface area contributed by atoms with Gasteiger partial charge in [-0.15, -0.1) is 0 Å². The van der Waals surface area contributed by atoms with Crippen LogP contribution in [-0.4, -0.2) is 47.4 Å². The zero-order chi connectivity index (χ0) is 50.7. The largest absolute Gasteiger partial charge is 0.465 e. The molecule has 0 radical (unpaired) electrons. The first-order chi connectivity index (χ1) is 34.5. The highest BCUT2D eigenvalue weighted by atomic mass is 16.5. The standard InChI is InChI=1S/C64H119NO5/c1-3-5-7-9-11-13-15-17-19-25-29-32-36-40-44-48-52-56-62(67)61(60-66)65-63(68)57-53-49-45-41-37-33-30-26-23-21-20-22-24-27-31-35-39-43-47-51-55-59-70-64(69)58-54-50-46-42-38-34-28-18-16-14-12-10-8-6-4-2/h18,28,35,39,47,51-52,56,61-62,66-67H,3-17,19-27,29-34,36-38,40-46,48-50,53-55,57-60H2,1-2H3,(H,65,68)/b28-18-,39-35-,51-47-,56-52+. The lowest BCUT2D eigenvalue weighted by Crippen LogP contribution is -2.45. The van der Waals surface area contributed by atoms with Crippen molar-refractivity contribution in [1.82, 2.24) is 5.32 Å². The molecule has 70 heavy (non-hydrogen) atoms. The van der Waals surface area contributed by atoms with Crippen LogP contribution in [0.15, 0.2) is 48.6 Å². The average molecular weight is 983 g/mol. The summed E-state index contributed by atoms with van der Waals surface area (Å²) in [6.07, 6.45) is 75.9. The number of aliphatic hydroxyl groups excluding tert-OH is 2. The predicted octanol–water partition coefficient (Wildman–Crippen LogP) is 19.4. The van der Waals surface area contributed by atoms with Crippen LogP contribution in [0.5, 0.6) is 0 Å². The van der Waals surface area contributed by atoms with Gasteiger partial charge in [0, 0.05) is 12.8 Å². The van der Waals surface area contributed by atoms with Gasteiger partial charge in [0.05, 0.1) is 25.4 Å². The topological polar surface area (TPSA) is 95.9 Å². The first kappa shape index (κ1) is 67.8. The molecule has 2 atom stereocenters. The maximum atomic E-state index is 12.5. The van der Waals surface area contributed by atoms with E-state index < -0.39 is 12.1 Å². The molecule has 0 aromatic rings. The summed E-state index contributed by atoms with van der Waals surface area (Å²) in [6, 6.07) is -0.633. The van der Waals surface area contributed by atoms with Crippen molar-refractivity contribution in [2.75, 3.05) is 13.2 Å². The number of rotatable bonds is 57. The first-order valence-corrected chi connectivity index (χ1v) is 30.9. The molecule has 0 fully saturated rings. The van der Waals surface area contributed by atoms with Crippen LogP contribution in [0.2, 0.25) is 0 Å². The van der Waals surface area contributed by atoms with E-state index in [1.165, 1.54) is 244 Å². The molecule has 0 aliphatic heterocycles. The van der Waals surface area contributed by atoms with Crippen LogP contribution in [0.1, 0.15) is 322 Å². The van der Waals surface area contributed by atoms with E-state index in [1.807, 2.05) is 6.08 Å². The number of amides is 1. The fraction of sp³-hybridized carbons (Fsp3) is 0.844. The number of hydrogen-bond donors (Lipinski definition) is 3. The molecule has 0 saturated heterocycles. The quantitative estimate of drug-likeness (QED) is 0.0321. The summed E-state index contributed by atoms with van der Waals surface area (Å²) in [7, 11) is 0. The molecule has 410 valence electrons. The summed E-state index contributed by atoms with van der Waals surface area (Å²) < 4.78 is 5.41. The number of allylic oxidation sites excluding steroid dienone is 6.